The number of nitrogens with one attached hydrogen (secondary N) is 1. The Morgan fingerprint density at radius 3 is 2.74 bits per heavy atom. The highest BCUT2D eigenvalue weighted by atomic mass is 15.3. The fourth-order valence-electron chi connectivity index (χ4n) is 3.19. The molecule has 1 aromatic carbocycles. The van der Waals surface area contributed by atoms with Crippen molar-refractivity contribution >= 4 is 5.95 Å². The summed E-state index contributed by atoms with van der Waals surface area (Å²) in [6.45, 7) is 0.824. The van der Waals surface area contributed by atoms with E-state index in [1.165, 1.54) is 16.8 Å². The van der Waals surface area contributed by atoms with E-state index in [0.29, 0.717) is 5.95 Å². The lowest BCUT2D eigenvalue weighted by Gasteiger charge is -2.24. The number of nitrogens with zero attached hydrogens (tertiary/aromatic N) is 4. The molecule has 116 valence electrons. The Kier molecular flexibility index (Phi) is 3.76. The van der Waals surface area contributed by atoms with E-state index in [2.05, 4.69) is 49.3 Å². The van der Waals surface area contributed by atoms with Gasteiger partial charge in [-0.3, -0.25) is 4.68 Å². The Morgan fingerprint density at radius 2 is 1.91 bits per heavy atom. The minimum Gasteiger partial charge on any atom is -0.347 e. The molecule has 4 rings (SSSR count). The van der Waals surface area contributed by atoms with Crippen LogP contribution in [0.1, 0.15) is 35.7 Å². The SMILES string of the molecule is c1ccc(Cn2ncc3c2CCCC3Nc2ncccn2)cc1. The van der Waals surface area contributed by atoms with Gasteiger partial charge in [-0.15, -0.1) is 0 Å². The number of hydrogen-bond acceptors (Lipinski definition) is 4. The predicted octanol–water partition coefficient (Wildman–Crippen LogP) is 3.21. The molecule has 0 fully saturated rings. The number of aromatic nitrogens is 4. The summed E-state index contributed by atoms with van der Waals surface area (Å²) in [5, 5.41) is 8.06. The van der Waals surface area contributed by atoms with Gasteiger partial charge in [0.25, 0.3) is 0 Å². The molecule has 5 heteroatoms. The van der Waals surface area contributed by atoms with Gasteiger partial charge in [0.15, 0.2) is 0 Å². The van der Waals surface area contributed by atoms with Crippen molar-refractivity contribution in [3.63, 3.8) is 0 Å². The number of fused-ring (bicyclic) bond motifs is 1. The number of hydrogen-bond donors (Lipinski definition) is 1. The zero-order valence-corrected chi connectivity index (χ0v) is 12.9. The molecule has 1 atom stereocenters. The summed E-state index contributed by atoms with van der Waals surface area (Å²) in [6.07, 6.45) is 8.84. The maximum Gasteiger partial charge on any atom is 0.223 e. The van der Waals surface area contributed by atoms with Crippen LogP contribution in [0.25, 0.3) is 0 Å². The lowest BCUT2D eigenvalue weighted by molar-refractivity contribution is 0.554. The molecule has 1 aliphatic rings. The zero-order chi connectivity index (χ0) is 15.5. The average molecular weight is 305 g/mol. The highest BCUT2D eigenvalue weighted by Crippen LogP contribution is 2.31. The molecule has 0 aliphatic heterocycles. The van der Waals surface area contributed by atoms with E-state index >= 15 is 0 Å². The fraction of sp³-hybridized carbons (Fsp3) is 0.278. The first-order valence-corrected chi connectivity index (χ1v) is 8.02. The van der Waals surface area contributed by atoms with E-state index in [4.69, 9.17) is 0 Å². The van der Waals surface area contributed by atoms with Crippen LogP contribution >= 0.6 is 0 Å². The minimum atomic E-state index is 0.241. The highest BCUT2D eigenvalue weighted by Gasteiger charge is 2.24. The van der Waals surface area contributed by atoms with Crippen LogP contribution in [-0.4, -0.2) is 19.7 Å². The van der Waals surface area contributed by atoms with E-state index < -0.39 is 0 Å². The molecule has 2 aromatic heterocycles. The van der Waals surface area contributed by atoms with Crippen molar-refractivity contribution in [2.45, 2.75) is 31.8 Å². The van der Waals surface area contributed by atoms with E-state index in [1.807, 2.05) is 18.3 Å². The molecule has 3 aromatic rings. The van der Waals surface area contributed by atoms with Crippen molar-refractivity contribution in [2.75, 3.05) is 5.32 Å². The monoisotopic (exact) mass is 305 g/mol. The summed E-state index contributed by atoms with van der Waals surface area (Å²) >= 11 is 0. The van der Waals surface area contributed by atoms with Crippen molar-refractivity contribution in [3.8, 4) is 0 Å². The van der Waals surface area contributed by atoms with Crippen molar-refractivity contribution in [1.82, 2.24) is 19.7 Å². The molecule has 0 radical (unpaired) electrons. The highest BCUT2D eigenvalue weighted by molar-refractivity contribution is 5.35. The van der Waals surface area contributed by atoms with Gasteiger partial charge in [-0.1, -0.05) is 30.3 Å². The summed E-state index contributed by atoms with van der Waals surface area (Å²) in [7, 11) is 0. The second kappa shape index (κ2) is 6.20. The predicted molar refractivity (Wildman–Crippen MR) is 89.1 cm³/mol. The standard InChI is InChI=1S/C18H19N5/c1-2-6-14(7-3-1)13-23-17-9-4-8-16(15(17)12-21-23)22-18-19-10-5-11-20-18/h1-3,5-7,10-12,16H,4,8-9,13H2,(H,19,20,22). The van der Waals surface area contributed by atoms with Gasteiger partial charge in [-0.05, 0) is 30.9 Å². The second-order valence-corrected chi connectivity index (χ2v) is 5.85. The number of benzene rings is 1. The normalized spacial score (nSPS) is 16.8. The largest absolute Gasteiger partial charge is 0.347 e. The molecular formula is C18H19N5. The molecule has 23 heavy (non-hydrogen) atoms. The van der Waals surface area contributed by atoms with Gasteiger partial charge in [0.1, 0.15) is 0 Å². The maximum atomic E-state index is 4.62. The van der Waals surface area contributed by atoms with Gasteiger partial charge in [0.2, 0.25) is 5.95 Å². The average Bonchev–Trinajstić information content (AvgIpc) is 3.01. The summed E-state index contributed by atoms with van der Waals surface area (Å²) in [6, 6.07) is 12.5. The Morgan fingerprint density at radius 1 is 1.09 bits per heavy atom. The summed E-state index contributed by atoms with van der Waals surface area (Å²) in [4.78, 5) is 8.54. The molecule has 2 heterocycles. The first-order chi connectivity index (χ1) is 11.4. The Balaban J connectivity index is 1.57. The summed E-state index contributed by atoms with van der Waals surface area (Å²) in [5.74, 6) is 0.682. The quantitative estimate of drug-likeness (QED) is 0.804. The van der Waals surface area contributed by atoms with Crippen LogP contribution in [0, 0.1) is 0 Å². The van der Waals surface area contributed by atoms with Crippen molar-refractivity contribution < 1.29 is 0 Å². The topological polar surface area (TPSA) is 55.6 Å². The van der Waals surface area contributed by atoms with E-state index in [0.717, 1.165) is 25.8 Å². The van der Waals surface area contributed by atoms with Crippen LogP contribution in [0.15, 0.2) is 55.0 Å². The molecule has 0 bridgehead atoms. The van der Waals surface area contributed by atoms with Crippen LogP contribution in [-0.2, 0) is 13.0 Å². The fourth-order valence-corrected chi connectivity index (χ4v) is 3.19. The van der Waals surface area contributed by atoms with Crippen LogP contribution in [0.2, 0.25) is 0 Å². The van der Waals surface area contributed by atoms with E-state index in [-0.39, 0.29) is 6.04 Å². The number of rotatable bonds is 4. The number of anilines is 1. The maximum absolute atomic E-state index is 4.62. The molecular weight excluding hydrogens is 286 g/mol. The van der Waals surface area contributed by atoms with Crippen LogP contribution < -0.4 is 5.32 Å². The van der Waals surface area contributed by atoms with Crippen LogP contribution in [0.5, 0.6) is 0 Å². The smallest absolute Gasteiger partial charge is 0.223 e. The second-order valence-electron chi connectivity index (χ2n) is 5.85. The molecule has 1 unspecified atom stereocenters. The minimum absolute atomic E-state index is 0.241. The summed E-state index contributed by atoms with van der Waals surface area (Å²) in [5.41, 5.74) is 3.88. The van der Waals surface area contributed by atoms with Crippen LogP contribution in [0.3, 0.4) is 0 Å². The first kappa shape index (κ1) is 13.9. The van der Waals surface area contributed by atoms with Gasteiger partial charge >= 0.3 is 0 Å². The van der Waals surface area contributed by atoms with Crippen molar-refractivity contribution in [3.05, 3.63) is 71.8 Å². The third kappa shape index (κ3) is 2.95. The van der Waals surface area contributed by atoms with Crippen molar-refractivity contribution in [1.29, 1.82) is 0 Å². The van der Waals surface area contributed by atoms with Gasteiger partial charge in [0.05, 0.1) is 18.8 Å². The lowest BCUT2D eigenvalue weighted by atomic mass is 9.93. The molecule has 0 spiro atoms. The van der Waals surface area contributed by atoms with Gasteiger partial charge in [-0.2, -0.15) is 5.10 Å². The molecule has 5 nitrogen and oxygen atoms in total. The Bertz CT molecular complexity index is 767. The van der Waals surface area contributed by atoms with Gasteiger partial charge < -0.3 is 5.32 Å². The summed E-state index contributed by atoms with van der Waals surface area (Å²) < 4.78 is 2.13. The molecule has 1 N–H and O–H groups in total. The van der Waals surface area contributed by atoms with E-state index in [1.54, 1.807) is 12.4 Å². The van der Waals surface area contributed by atoms with Gasteiger partial charge in [0, 0.05) is 23.7 Å². The van der Waals surface area contributed by atoms with Gasteiger partial charge in [-0.25, -0.2) is 9.97 Å². The molecule has 0 amide bonds. The third-order valence-corrected chi connectivity index (χ3v) is 4.31. The molecule has 0 saturated heterocycles. The lowest BCUT2D eigenvalue weighted by Crippen LogP contribution is -2.19. The van der Waals surface area contributed by atoms with E-state index in [9.17, 15) is 0 Å². The Hall–Kier alpha value is -2.69. The molecule has 1 aliphatic carbocycles. The zero-order valence-electron chi connectivity index (χ0n) is 12.9. The third-order valence-electron chi connectivity index (χ3n) is 4.31. The first-order valence-electron chi connectivity index (χ1n) is 8.02. The van der Waals surface area contributed by atoms with Crippen molar-refractivity contribution in [2.24, 2.45) is 0 Å². The molecule has 0 saturated carbocycles. The van der Waals surface area contributed by atoms with Crippen LogP contribution in [0.4, 0.5) is 5.95 Å². The Labute approximate surface area is 135 Å².